The van der Waals surface area contributed by atoms with Crippen molar-refractivity contribution in [3.05, 3.63) is 24.3 Å². The van der Waals surface area contributed by atoms with Gasteiger partial charge >= 0.3 is 0 Å². The fraction of sp³-hybridized carbons (Fsp3) is 0.571. The van der Waals surface area contributed by atoms with Gasteiger partial charge in [-0.15, -0.1) is 11.8 Å². The van der Waals surface area contributed by atoms with Crippen molar-refractivity contribution in [2.75, 3.05) is 44.4 Å². The monoisotopic (exact) mass is 329 g/mol. The highest BCUT2D eigenvalue weighted by Crippen LogP contribution is 2.22. The molecule has 1 unspecified atom stereocenters. The van der Waals surface area contributed by atoms with Crippen LogP contribution in [0.4, 0.5) is 5.69 Å². The Morgan fingerprint density at radius 2 is 2.00 bits per heavy atom. The molecule has 0 bridgehead atoms. The fourth-order valence-corrected chi connectivity index (χ4v) is 5.12. The molecule has 1 heterocycles. The number of hydrogen-bond acceptors (Lipinski definition) is 5. The van der Waals surface area contributed by atoms with Crippen molar-refractivity contribution >= 4 is 27.5 Å². The number of likely N-dealkylation sites (N-methyl/N-ethyl adjacent to an activating group) is 1. The van der Waals surface area contributed by atoms with Crippen LogP contribution in [0.3, 0.4) is 0 Å². The van der Waals surface area contributed by atoms with Gasteiger partial charge in [0.05, 0.1) is 5.75 Å². The molecule has 5 nitrogen and oxygen atoms in total. The van der Waals surface area contributed by atoms with E-state index < -0.39 is 10.0 Å². The molecular formula is C14H23N3O2S2. The Morgan fingerprint density at radius 1 is 1.33 bits per heavy atom. The summed E-state index contributed by atoms with van der Waals surface area (Å²) in [5.41, 5.74) is 6.35. The molecule has 21 heavy (non-hydrogen) atoms. The highest BCUT2D eigenvalue weighted by Gasteiger charge is 2.31. The zero-order chi connectivity index (χ0) is 15.5. The Morgan fingerprint density at radius 3 is 2.57 bits per heavy atom. The lowest BCUT2D eigenvalue weighted by Gasteiger charge is -2.20. The van der Waals surface area contributed by atoms with E-state index in [1.807, 2.05) is 38.4 Å². The third-order valence-electron chi connectivity index (χ3n) is 3.74. The smallest absolute Gasteiger partial charge is 0.214 e. The molecule has 0 radical (unpaired) electrons. The van der Waals surface area contributed by atoms with Crippen LogP contribution in [0.15, 0.2) is 29.2 Å². The average molecular weight is 329 g/mol. The summed E-state index contributed by atoms with van der Waals surface area (Å²) >= 11 is 1.55. The molecule has 0 aliphatic carbocycles. The third-order valence-corrected chi connectivity index (χ3v) is 6.85. The van der Waals surface area contributed by atoms with Gasteiger partial charge in [-0.25, -0.2) is 12.7 Å². The standard InChI is InChI=1S/C14H23N3O2S2/c1-16(2)13-7-8-17(11-13)21(18,19)10-9-20-14-5-3-12(15)4-6-14/h3-6,13H,7-11,15H2,1-2H3. The van der Waals surface area contributed by atoms with Crippen molar-refractivity contribution in [3.63, 3.8) is 0 Å². The molecule has 0 aromatic heterocycles. The van der Waals surface area contributed by atoms with Gasteiger partial charge in [-0.1, -0.05) is 0 Å². The molecule has 1 atom stereocenters. The minimum absolute atomic E-state index is 0.183. The van der Waals surface area contributed by atoms with Gasteiger partial charge in [0.1, 0.15) is 0 Å². The highest BCUT2D eigenvalue weighted by molar-refractivity contribution is 8.00. The van der Waals surface area contributed by atoms with Crippen LogP contribution in [0.5, 0.6) is 0 Å². The summed E-state index contributed by atoms with van der Waals surface area (Å²) in [5, 5.41) is 0. The first kappa shape index (κ1) is 16.6. The molecule has 1 aliphatic heterocycles. The van der Waals surface area contributed by atoms with Crippen molar-refractivity contribution in [2.45, 2.75) is 17.4 Å². The van der Waals surface area contributed by atoms with E-state index in [2.05, 4.69) is 4.90 Å². The summed E-state index contributed by atoms with van der Waals surface area (Å²) in [6, 6.07) is 7.84. The first-order chi connectivity index (χ1) is 9.88. The fourth-order valence-electron chi connectivity index (χ4n) is 2.34. The minimum Gasteiger partial charge on any atom is -0.399 e. The van der Waals surface area contributed by atoms with Gasteiger partial charge in [-0.05, 0) is 44.8 Å². The van der Waals surface area contributed by atoms with Crippen LogP contribution in [-0.4, -0.2) is 62.4 Å². The van der Waals surface area contributed by atoms with Gasteiger partial charge in [-0.3, -0.25) is 0 Å². The maximum Gasteiger partial charge on any atom is 0.214 e. The Balaban J connectivity index is 1.83. The molecule has 0 amide bonds. The van der Waals surface area contributed by atoms with Crippen LogP contribution in [0, 0.1) is 0 Å². The first-order valence-electron chi connectivity index (χ1n) is 7.01. The molecule has 1 aromatic carbocycles. The quantitative estimate of drug-likeness (QED) is 0.630. The average Bonchev–Trinajstić information content (AvgIpc) is 2.91. The minimum atomic E-state index is -3.14. The number of rotatable bonds is 6. The molecule has 1 aromatic rings. The zero-order valence-electron chi connectivity index (χ0n) is 12.5. The molecule has 1 fully saturated rings. The van der Waals surface area contributed by atoms with Crippen molar-refractivity contribution in [1.29, 1.82) is 0 Å². The topological polar surface area (TPSA) is 66.6 Å². The normalized spacial score (nSPS) is 20.2. The summed E-state index contributed by atoms with van der Waals surface area (Å²) in [6.45, 7) is 1.25. The Hall–Kier alpha value is -0.760. The summed E-state index contributed by atoms with van der Waals surface area (Å²) < 4.78 is 26.3. The molecule has 118 valence electrons. The van der Waals surface area contributed by atoms with Crippen molar-refractivity contribution in [2.24, 2.45) is 0 Å². The highest BCUT2D eigenvalue weighted by atomic mass is 32.2. The Kier molecular flexibility index (Phi) is 5.54. The van der Waals surface area contributed by atoms with Crippen LogP contribution >= 0.6 is 11.8 Å². The number of thioether (sulfide) groups is 1. The maximum atomic E-state index is 12.3. The van der Waals surface area contributed by atoms with E-state index >= 15 is 0 Å². The van der Waals surface area contributed by atoms with Crippen molar-refractivity contribution in [3.8, 4) is 0 Å². The number of sulfonamides is 1. The number of hydrogen-bond donors (Lipinski definition) is 1. The van der Waals surface area contributed by atoms with E-state index in [0.717, 1.165) is 17.0 Å². The lowest BCUT2D eigenvalue weighted by molar-refractivity contribution is 0.302. The molecular weight excluding hydrogens is 306 g/mol. The van der Waals surface area contributed by atoms with Gasteiger partial charge in [0.15, 0.2) is 0 Å². The lowest BCUT2D eigenvalue weighted by Crippen LogP contribution is -2.36. The summed E-state index contributed by atoms with van der Waals surface area (Å²) in [7, 11) is 0.852. The Labute approximate surface area is 131 Å². The number of nitrogens with two attached hydrogens (primary N) is 1. The van der Waals surface area contributed by atoms with Gasteiger partial charge in [-0.2, -0.15) is 0 Å². The number of anilines is 1. The van der Waals surface area contributed by atoms with Crippen LogP contribution in [0.25, 0.3) is 0 Å². The molecule has 0 saturated carbocycles. The van der Waals surface area contributed by atoms with E-state index in [1.165, 1.54) is 0 Å². The number of nitrogen functional groups attached to an aromatic ring is 1. The van der Waals surface area contributed by atoms with Crippen LogP contribution < -0.4 is 5.73 Å². The van der Waals surface area contributed by atoms with Crippen LogP contribution in [-0.2, 0) is 10.0 Å². The number of benzene rings is 1. The van der Waals surface area contributed by atoms with E-state index in [9.17, 15) is 8.42 Å². The van der Waals surface area contributed by atoms with Crippen LogP contribution in [0.2, 0.25) is 0 Å². The predicted molar refractivity (Wildman–Crippen MR) is 89.0 cm³/mol. The molecule has 0 spiro atoms. The third kappa shape index (κ3) is 4.60. The van der Waals surface area contributed by atoms with Gasteiger partial charge in [0, 0.05) is 35.5 Å². The zero-order valence-corrected chi connectivity index (χ0v) is 14.2. The summed E-state index contributed by atoms with van der Waals surface area (Å²) in [4.78, 5) is 3.14. The second-order valence-electron chi connectivity index (χ2n) is 5.50. The van der Waals surface area contributed by atoms with E-state index in [-0.39, 0.29) is 5.75 Å². The van der Waals surface area contributed by atoms with Gasteiger partial charge < -0.3 is 10.6 Å². The molecule has 2 N–H and O–H groups in total. The lowest BCUT2D eigenvalue weighted by atomic mass is 10.2. The van der Waals surface area contributed by atoms with E-state index in [4.69, 9.17) is 5.73 Å². The van der Waals surface area contributed by atoms with Gasteiger partial charge in [0.2, 0.25) is 10.0 Å². The molecule has 7 heteroatoms. The van der Waals surface area contributed by atoms with E-state index in [0.29, 0.717) is 24.9 Å². The Bertz CT molecular complexity index is 558. The maximum absolute atomic E-state index is 12.3. The molecule has 1 aliphatic rings. The second-order valence-corrected chi connectivity index (χ2v) is 8.75. The van der Waals surface area contributed by atoms with E-state index in [1.54, 1.807) is 16.1 Å². The van der Waals surface area contributed by atoms with Crippen molar-refractivity contribution < 1.29 is 8.42 Å². The summed E-state index contributed by atoms with van der Waals surface area (Å²) in [6.07, 6.45) is 0.914. The predicted octanol–water partition coefficient (Wildman–Crippen LogP) is 1.33. The van der Waals surface area contributed by atoms with Crippen molar-refractivity contribution in [1.82, 2.24) is 9.21 Å². The number of nitrogens with zero attached hydrogens (tertiary/aromatic N) is 2. The second kappa shape index (κ2) is 7.00. The van der Waals surface area contributed by atoms with Crippen LogP contribution in [0.1, 0.15) is 6.42 Å². The largest absolute Gasteiger partial charge is 0.399 e. The van der Waals surface area contributed by atoms with Gasteiger partial charge in [0.25, 0.3) is 0 Å². The molecule has 1 saturated heterocycles. The SMILES string of the molecule is CN(C)C1CCN(S(=O)(=O)CCSc2ccc(N)cc2)C1. The first-order valence-corrected chi connectivity index (χ1v) is 9.60. The summed E-state index contributed by atoms with van der Waals surface area (Å²) in [5.74, 6) is 0.748. The molecule has 2 rings (SSSR count).